The second-order valence-electron chi connectivity index (χ2n) is 6.42. The lowest BCUT2D eigenvalue weighted by atomic mass is 10.2. The molecule has 3 aromatic carbocycles. The molecule has 7 heteroatoms. The van der Waals surface area contributed by atoms with Gasteiger partial charge in [-0.25, -0.2) is 4.99 Å². The lowest BCUT2D eigenvalue weighted by Crippen LogP contribution is -2.19. The Balaban J connectivity index is 1.56. The van der Waals surface area contributed by atoms with Crippen LogP contribution in [0.1, 0.15) is 11.1 Å². The van der Waals surface area contributed by atoms with Crippen molar-refractivity contribution in [3.05, 3.63) is 98.3 Å². The zero-order chi connectivity index (χ0) is 20.9. The summed E-state index contributed by atoms with van der Waals surface area (Å²) < 4.78 is 6.90. The quantitative estimate of drug-likeness (QED) is 0.404. The van der Waals surface area contributed by atoms with E-state index in [1.54, 1.807) is 0 Å². The third kappa shape index (κ3) is 5.33. The van der Waals surface area contributed by atoms with Crippen LogP contribution in [0.2, 0.25) is 5.02 Å². The van der Waals surface area contributed by atoms with Crippen molar-refractivity contribution in [3.63, 3.8) is 0 Å². The van der Waals surface area contributed by atoms with Gasteiger partial charge in [-0.2, -0.15) is 0 Å². The molecule has 4 nitrogen and oxygen atoms in total. The van der Waals surface area contributed by atoms with Crippen LogP contribution in [0.25, 0.3) is 6.08 Å². The van der Waals surface area contributed by atoms with Gasteiger partial charge in [0, 0.05) is 15.1 Å². The predicted octanol–water partition coefficient (Wildman–Crippen LogP) is 6.57. The molecular weight excluding hydrogens is 484 g/mol. The van der Waals surface area contributed by atoms with E-state index in [1.165, 1.54) is 11.8 Å². The van der Waals surface area contributed by atoms with Crippen LogP contribution < -0.4 is 10.1 Å². The average Bonchev–Trinajstić information content (AvgIpc) is 3.07. The Morgan fingerprint density at radius 3 is 2.70 bits per heavy atom. The molecule has 0 aromatic heterocycles. The number of carbonyl (C=O) groups excluding carboxylic acids is 1. The molecule has 1 aliphatic rings. The molecule has 1 N–H and O–H groups in total. The van der Waals surface area contributed by atoms with Crippen LogP contribution in [0.4, 0.5) is 5.69 Å². The summed E-state index contributed by atoms with van der Waals surface area (Å²) in [5, 5.41) is 4.02. The summed E-state index contributed by atoms with van der Waals surface area (Å²) in [5.74, 6) is 0.489. The Morgan fingerprint density at radius 2 is 1.90 bits per heavy atom. The number of ether oxygens (including phenoxy) is 1. The lowest BCUT2D eigenvalue weighted by molar-refractivity contribution is -0.115. The van der Waals surface area contributed by atoms with Crippen molar-refractivity contribution in [2.45, 2.75) is 6.61 Å². The van der Waals surface area contributed by atoms with Gasteiger partial charge in [-0.1, -0.05) is 57.9 Å². The molecule has 30 heavy (non-hydrogen) atoms. The van der Waals surface area contributed by atoms with Crippen molar-refractivity contribution in [3.8, 4) is 5.75 Å². The second-order valence-corrected chi connectivity index (χ2v) is 8.80. The van der Waals surface area contributed by atoms with Gasteiger partial charge in [0.25, 0.3) is 5.91 Å². The van der Waals surface area contributed by atoms with Gasteiger partial charge >= 0.3 is 0 Å². The smallest absolute Gasteiger partial charge is 0.264 e. The lowest BCUT2D eigenvalue weighted by Gasteiger charge is -2.10. The fraction of sp³-hybridized carbons (Fsp3) is 0.0435. The summed E-state index contributed by atoms with van der Waals surface area (Å²) in [6.07, 6.45) is 1.81. The van der Waals surface area contributed by atoms with E-state index in [9.17, 15) is 4.79 Å². The van der Waals surface area contributed by atoms with E-state index in [2.05, 4.69) is 26.2 Å². The van der Waals surface area contributed by atoms with Crippen LogP contribution in [-0.4, -0.2) is 11.1 Å². The van der Waals surface area contributed by atoms with Crippen molar-refractivity contribution in [1.29, 1.82) is 0 Å². The first kappa shape index (κ1) is 20.7. The molecule has 0 unspecified atom stereocenters. The fourth-order valence-corrected chi connectivity index (χ4v) is 4.22. The summed E-state index contributed by atoms with van der Waals surface area (Å²) in [4.78, 5) is 17.5. The largest absolute Gasteiger partial charge is 0.488 e. The summed E-state index contributed by atoms with van der Waals surface area (Å²) in [6, 6.07) is 22.7. The van der Waals surface area contributed by atoms with Crippen molar-refractivity contribution in [2.75, 3.05) is 0 Å². The summed E-state index contributed by atoms with van der Waals surface area (Å²) in [5.41, 5.74) is 2.55. The molecule has 1 amide bonds. The van der Waals surface area contributed by atoms with Gasteiger partial charge in [0.05, 0.1) is 10.6 Å². The molecule has 0 bridgehead atoms. The van der Waals surface area contributed by atoms with Crippen molar-refractivity contribution in [2.24, 2.45) is 4.99 Å². The molecule has 150 valence electrons. The van der Waals surface area contributed by atoms with E-state index < -0.39 is 0 Å². The van der Waals surface area contributed by atoms with Gasteiger partial charge in [0.2, 0.25) is 0 Å². The number of nitrogens with zero attached hydrogens (tertiary/aromatic N) is 1. The maximum Gasteiger partial charge on any atom is 0.264 e. The minimum absolute atomic E-state index is 0.185. The number of thioether (sulfide) groups is 1. The first-order valence-electron chi connectivity index (χ1n) is 9.08. The number of nitrogens with one attached hydrogen (secondary N) is 1. The molecule has 1 aliphatic heterocycles. The van der Waals surface area contributed by atoms with E-state index in [4.69, 9.17) is 16.3 Å². The number of para-hydroxylation sites is 1. The molecule has 0 spiro atoms. The molecule has 0 radical (unpaired) electrons. The van der Waals surface area contributed by atoms with Gasteiger partial charge < -0.3 is 10.1 Å². The number of amidine groups is 1. The van der Waals surface area contributed by atoms with Crippen LogP contribution >= 0.6 is 39.3 Å². The van der Waals surface area contributed by atoms with Crippen molar-refractivity contribution >= 4 is 62.1 Å². The van der Waals surface area contributed by atoms with Crippen LogP contribution in [-0.2, 0) is 11.4 Å². The predicted molar refractivity (Wildman–Crippen MR) is 127 cm³/mol. The maximum atomic E-state index is 12.4. The standard InChI is InChI=1S/C23H16BrClN2O2S/c24-17-9-10-20(29-14-15-5-4-6-18(25)11-15)16(12-17)13-21-22(28)27-23(30-21)26-19-7-2-1-3-8-19/h1-13H,14H2,(H,26,27,28)/b21-13-. The summed E-state index contributed by atoms with van der Waals surface area (Å²) in [6.45, 7) is 0.373. The van der Waals surface area contributed by atoms with Crippen LogP contribution in [0, 0.1) is 0 Å². The first-order chi connectivity index (χ1) is 14.6. The highest BCUT2D eigenvalue weighted by Gasteiger charge is 2.24. The number of hydrogen-bond donors (Lipinski definition) is 1. The summed E-state index contributed by atoms with van der Waals surface area (Å²) in [7, 11) is 0. The highest BCUT2D eigenvalue weighted by molar-refractivity contribution is 9.10. The molecule has 0 aliphatic carbocycles. The Hall–Kier alpha value is -2.54. The Labute approximate surface area is 192 Å². The van der Waals surface area contributed by atoms with E-state index in [-0.39, 0.29) is 5.91 Å². The third-order valence-corrected chi connectivity index (χ3v) is 5.82. The number of amides is 1. The number of rotatable bonds is 5. The Bertz CT molecular complexity index is 1150. The highest BCUT2D eigenvalue weighted by Crippen LogP contribution is 2.32. The minimum Gasteiger partial charge on any atom is -0.488 e. The fourth-order valence-electron chi connectivity index (χ4n) is 2.79. The zero-order valence-electron chi connectivity index (χ0n) is 15.6. The molecule has 1 heterocycles. The van der Waals surface area contributed by atoms with Gasteiger partial charge in [0.1, 0.15) is 12.4 Å². The highest BCUT2D eigenvalue weighted by atomic mass is 79.9. The van der Waals surface area contributed by atoms with E-state index >= 15 is 0 Å². The normalized spacial score (nSPS) is 16.1. The minimum atomic E-state index is -0.185. The van der Waals surface area contributed by atoms with Gasteiger partial charge in [-0.05, 0) is 65.9 Å². The first-order valence-corrected chi connectivity index (χ1v) is 11.1. The van der Waals surface area contributed by atoms with Gasteiger partial charge in [-0.3, -0.25) is 4.79 Å². The number of halogens is 2. The third-order valence-electron chi connectivity index (χ3n) is 4.18. The van der Waals surface area contributed by atoms with Gasteiger partial charge in [-0.15, -0.1) is 0 Å². The maximum absolute atomic E-state index is 12.4. The number of carbonyl (C=O) groups is 1. The van der Waals surface area contributed by atoms with E-state index in [0.717, 1.165) is 21.3 Å². The SMILES string of the molecule is O=C1NC(=Nc2ccccc2)S/C1=C\c1cc(Br)ccc1OCc1cccc(Cl)c1. The molecule has 4 rings (SSSR count). The molecule has 1 fully saturated rings. The molecule has 3 aromatic rings. The number of hydrogen-bond acceptors (Lipinski definition) is 4. The molecule has 0 atom stereocenters. The second kappa shape index (κ2) is 9.51. The van der Waals surface area contributed by atoms with Crippen LogP contribution in [0.5, 0.6) is 5.75 Å². The molecular formula is C23H16BrClN2O2S. The van der Waals surface area contributed by atoms with E-state index in [1.807, 2.05) is 78.9 Å². The van der Waals surface area contributed by atoms with Gasteiger partial charge in [0.15, 0.2) is 5.17 Å². The number of aliphatic imine (C=N–C) groups is 1. The Kier molecular flexibility index (Phi) is 6.57. The topological polar surface area (TPSA) is 50.7 Å². The van der Waals surface area contributed by atoms with Crippen molar-refractivity contribution < 1.29 is 9.53 Å². The summed E-state index contributed by atoms with van der Waals surface area (Å²) >= 11 is 10.8. The molecule has 0 saturated carbocycles. The van der Waals surface area contributed by atoms with Crippen molar-refractivity contribution in [1.82, 2.24) is 5.32 Å². The monoisotopic (exact) mass is 498 g/mol. The molecule has 1 saturated heterocycles. The van der Waals surface area contributed by atoms with Crippen LogP contribution in [0.15, 0.2) is 87.2 Å². The average molecular weight is 500 g/mol. The Morgan fingerprint density at radius 1 is 1.07 bits per heavy atom. The number of benzene rings is 3. The van der Waals surface area contributed by atoms with E-state index in [0.29, 0.717) is 27.5 Å². The van der Waals surface area contributed by atoms with Crippen LogP contribution in [0.3, 0.4) is 0 Å². The zero-order valence-corrected chi connectivity index (χ0v) is 18.8.